The number of hydrogen-bond donors (Lipinski definition) is 2. The number of carbonyl (C=O) groups excluding carboxylic acids is 2. The number of halogens is 1. The van der Waals surface area contributed by atoms with E-state index in [-0.39, 0.29) is 42.4 Å². The van der Waals surface area contributed by atoms with Crippen molar-refractivity contribution >= 4 is 11.7 Å². The topological polar surface area (TPSA) is 66.4 Å². The molecule has 0 unspecified atom stereocenters. The molecule has 2 N–H and O–H groups in total. The van der Waals surface area contributed by atoms with E-state index in [1.54, 1.807) is 0 Å². The molecule has 1 amide bonds. The average Bonchev–Trinajstić information content (AvgIpc) is 3.26. The van der Waals surface area contributed by atoms with Crippen LogP contribution in [0, 0.1) is 11.2 Å². The first-order valence-electron chi connectivity index (χ1n) is 7.21. The fourth-order valence-corrected chi connectivity index (χ4v) is 2.13. The summed E-state index contributed by atoms with van der Waals surface area (Å²) in [4.78, 5) is 23.5. The van der Waals surface area contributed by atoms with Crippen molar-refractivity contribution < 1.29 is 19.1 Å². The van der Waals surface area contributed by atoms with Crippen molar-refractivity contribution in [1.29, 1.82) is 0 Å². The van der Waals surface area contributed by atoms with Crippen LogP contribution >= 0.6 is 0 Å². The Morgan fingerprint density at radius 2 is 1.86 bits per heavy atom. The van der Waals surface area contributed by atoms with Crippen LogP contribution in [0.3, 0.4) is 0 Å². The van der Waals surface area contributed by atoms with Crippen molar-refractivity contribution in [2.75, 3.05) is 13.2 Å². The van der Waals surface area contributed by atoms with E-state index in [0.29, 0.717) is 18.5 Å². The Hall–Kier alpha value is -1.75. The Balaban J connectivity index is 1.65. The zero-order valence-corrected chi connectivity index (χ0v) is 11.9. The van der Waals surface area contributed by atoms with E-state index >= 15 is 0 Å². The van der Waals surface area contributed by atoms with Gasteiger partial charge in [0.05, 0.1) is 6.61 Å². The highest BCUT2D eigenvalue weighted by Crippen LogP contribution is 2.44. The Bertz CT molecular complexity index is 509. The van der Waals surface area contributed by atoms with E-state index in [0.717, 1.165) is 12.8 Å². The molecule has 114 valence electrons. The third kappa shape index (κ3) is 4.63. The molecule has 1 saturated carbocycles. The Morgan fingerprint density at radius 3 is 2.43 bits per heavy atom. The molecule has 0 spiro atoms. The Kier molecular flexibility index (Phi) is 5.07. The summed E-state index contributed by atoms with van der Waals surface area (Å²) in [6.07, 6.45) is 2.92. The van der Waals surface area contributed by atoms with Crippen LogP contribution in [0.25, 0.3) is 0 Å². The minimum atomic E-state index is -0.371. The molecule has 0 aliphatic heterocycles. The molecule has 1 fully saturated rings. The number of aliphatic hydroxyl groups is 1. The number of rotatable bonds is 8. The molecule has 0 bridgehead atoms. The summed E-state index contributed by atoms with van der Waals surface area (Å²) < 4.78 is 12.7. The van der Waals surface area contributed by atoms with Gasteiger partial charge in [0.25, 0.3) is 0 Å². The van der Waals surface area contributed by atoms with E-state index in [1.807, 2.05) is 0 Å². The zero-order valence-electron chi connectivity index (χ0n) is 11.9. The first-order chi connectivity index (χ1) is 10.0. The predicted octanol–water partition coefficient (Wildman–Crippen LogP) is 2.07. The van der Waals surface area contributed by atoms with Crippen LogP contribution in [-0.2, 0) is 4.79 Å². The van der Waals surface area contributed by atoms with Gasteiger partial charge in [0, 0.05) is 30.4 Å². The summed E-state index contributed by atoms with van der Waals surface area (Å²) in [6, 6.07) is 5.42. The largest absolute Gasteiger partial charge is 0.396 e. The third-order valence-corrected chi connectivity index (χ3v) is 3.93. The molecule has 0 saturated heterocycles. The molecule has 1 aliphatic rings. The summed E-state index contributed by atoms with van der Waals surface area (Å²) in [5.41, 5.74) is 0.369. The summed E-state index contributed by atoms with van der Waals surface area (Å²) >= 11 is 0. The standard InChI is InChI=1S/C16H20FNO3/c17-13-6-4-12(5-7-13)14(20)2-1-3-15(21)18-10-16(11-19)8-9-16/h4-7,19H,1-3,8-11H2,(H,18,21). The molecule has 1 aromatic rings. The minimum absolute atomic E-state index is 0.0863. The van der Waals surface area contributed by atoms with E-state index in [1.165, 1.54) is 24.3 Å². The van der Waals surface area contributed by atoms with Crippen LogP contribution < -0.4 is 5.32 Å². The first kappa shape index (κ1) is 15.6. The van der Waals surface area contributed by atoms with E-state index in [2.05, 4.69) is 5.32 Å². The SMILES string of the molecule is O=C(CCCC(=O)c1ccc(F)cc1)NCC1(CO)CC1. The number of aliphatic hydroxyl groups excluding tert-OH is 1. The number of nitrogens with one attached hydrogen (secondary N) is 1. The first-order valence-corrected chi connectivity index (χ1v) is 7.21. The van der Waals surface area contributed by atoms with Gasteiger partial charge in [-0.3, -0.25) is 9.59 Å². The maximum absolute atomic E-state index is 12.7. The molecular formula is C16H20FNO3. The van der Waals surface area contributed by atoms with Gasteiger partial charge in [-0.2, -0.15) is 0 Å². The molecule has 2 rings (SSSR count). The smallest absolute Gasteiger partial charge is 0.220 e. The summed E-state index contributed by atoms with van der Waals surface area (Å²) in [6.45, 7) is 0.616. The predicted molar refractivity (Wildman–Crippen MR) is 76.3 cm³/mol. The van der Waals surface area contributed by atoms with Gasteiger partial charge in [0.1, 0.15) is 5.82 Å². The fraction of sp³-hybridized carbons (Fsp3) is 0.500. The van der Waals surface area contributed by atoms with Crippen LogP contribution in [0.15, 0.2) is 24.3 Å². The minimum Gasteiger partial charge on any atom is -0.396 e. The molecule has 1 aromatic carbocycles. The molecule has 21 heavy (non-hydrogen) atoms. The van der Waals surface area contributed by atoms with Gasteiger partial charge in [-0.25, -0.2) is 4.39 Å². The molecule has 0 heterocycles. The van der Waals surface area contributed by atoms with Gasteiger partial charge in [-0.05, 0) is 43.5 Å². The van der Waals surface area contributed by atoms with Crippen LogP contribution in [0.2, 0.25) is 0 Å². The molecule has 0 radical (unpaired) electrons. The van der Waals surface area contributed by atoms with Gasteiger partial charge in [-0.1, -0.05) is 0 Å². The van der Waals surface area contributed by atoms with Crippen molar-refractivity contribution in [2.24, 2.45) is 5.41 Å². The summed E-state index contributed by atoms with van der Waals surface area (Å²) in [5, 5.41) is 11.9. The van der Waals surface area contributed by atoms with Crippen molar-refractivity contribution in [2.45, 2.75) is 32.1 Å². The Morgan fingerprint density at radius 1 is 1.19 bits per heavy atom. The van der Waals surface area contributed by atoms with E-state index in [4.69, 9.17) is 5.11 Å². The number of carbonyl (C=O) groups is 2. The summed E-state index contributed by atoms with van der Waals surface area (Å²) in [7, 11) is 0. The molecular weight excluding hydrogens is 273 g/mol. The van der Waals surface area contributed by atoms with Crippen LogP contribution in [-0.4, -0.2) is 29.9 Å². The molecule has 0 aromatic heterocycles. The lowest BCUT2D eigenvalue weighted by molar-refractivity contribution is -0.121. The van der Waals surface area contributed by atoms with Crippen molar-refractivity contribution in [1.82, 2.24) is 5.32 Å². The molecule has 4 nitrogen and oxygen atoms in total. The number of hydrogen-bond acceptors (Lipinski definition) is 3. The van der Waals surface area contributed by atoms with Crippen molar-refractivity contribution in [3.05, 3.63) is 35.6 Å². The summed E-state index contributed by atoms with van der Waals surface area (Å²) in [5.74, 6) is -0.553. The Labute approximate surface area is 123 Å². The van der Waals surface area contributed by atoms with Gasteiger partial charge in [0.2, 0.25) is 5.91 Å². The lowest BCUT2D eigenvalue weighted by Gasteiger charge is -2.12. The maximum Gasteiger partial charge on any atom is 0.220 e. The van der Waals surface area contributed by atoms with Crippen molar-refractivity contribution in [3.63, 3.8) is 0 Å². The van der Waals surface area contributed by atoms with Crippen LogP contribution in [0.4, 0.5) is 4.39 Å². The highest BCUT2D eigenvalue weighted by molar-refractivity contribution is 5.96. The van der Waals surface area contributed by atoms with Crippen molar-refractivity contribution in [3.8, 4) is 0 Å². The molecule has 1 aliphatic carbocycles. The van der Waals surface area contributed by atoms with E-state index in [9.17, 15) is 14.0 Å². The number of ketones is 1. The third-order valence-electron chi connectivity index (χ3n) is 3.93. The number of benzene rings is 1. The second kappa shape index (κ2) is 6.80. The lowest BCUT2D eigenvalue weighted by Crippen LogP contribution is -2.31. The van der Waals surface area contributed by atoms with Gasteiger partial charge in [-0.15, -0.1) is 0 Å². The normalized spacial score (nSPS) is 15.5. The van der Waals surface area contributed by atoms with Gasteiger partial charge in [0.15, 0.2) is 5.78 Å². The van der Waals surface area contributed by atoms with Gasteiger partial charge < -0.3 is 10.4 Å². The fourth-order valence-electron chi connectivity index (χ4n) is 2.13. The quantitative estimate of drug-likeness (QED) is 0.721. The average molecular weight is 293 g/mol. The van der Waals surface area contributed by atoms with Gasteiger partial charge >= 0.3 is 0 Å². The highest BCUT2D eigenvalue weighted by atomic mass is 19.1. The number of Topliss-reactive ketones (excluding diaryl/α,β-unsaturated/α-hetero) is 1. The van der Waals surface area contributed by atoms with Crippen LogP contribution in [0.1, 0.15) is 42.5 Å². The lowest BCUT2D eigenvalue weighted by atomic mass is 10.1. The monoisotopic (exact) mass is 293 g/mol. The zero-order chi connectivity index (χ0) is 15.3. The number of amides is 1. The highest BCUT2D eigenvalue weighted by Gasteiger charge is 2.41. The second-order valence-corrected chi connectivity index (χ2v) is 5.72. The molecule has 0 atom stereocenters. The maximum atomic E-state index is 12.7. The molecule has 5 heteroatoms. The van der Waals surface area contributed by atoms with E-state index < -0.39 is 0 Å². The van der Waals surface area contributed by atoms with Crippen LogP contribution in [0.5, 0.6) is 0 Å². The second-order valence-electron chi connectivity index (χ2n) is 5.72.